The molecule has 1 aromatic heterocycles. The van der Waals surface area contributed by atoms with Crippen molar-refractivity contribution in [1.82, 2.24) is 9.88 Å². The summed E-state index contributed by atoms with van der Waals surface area (Å²) < 4.78 is 4.64. The SMILES string of the molecule is COC(=O)C1CN(C(=O)c2cc3ccccc3[nH]2)CCC1=O. The van der Waals surface area contributed by atoms with Crippen molar-refractivity contribution in [1.29, 1.82) is 0 Å². The van der Waals surface area contributed by atoms with Crippen molar-refractivity contribution in [3.63, 3.8) is 0 Å². The Labute approximate surface area is 127 Å². The highest BCUT2D eigenvalue weighted by Gasteiger charge is 2.36. The average molecular weight is 300 g/mol. The van der Waals surface area contributed by atoms with Crippen LogP contribution in [0.5, 0.6) is 0 Å². The second kappa shape index (κ2) is 5.63. The van der Waals surface area contributed by atoms with Crippen LogP contribution in [0, 0.1) is 5.92 Å². The molecule has 3 rings (SSSR count). The van der Waals surface area contributed by atoms with Crippen LogP contribution in [0.4, 0.5) is 0 Å². The van der Waals surface area contributed by atoms with Crippen molar-refractivity contribution in [2.75, 3.05) is 20.2 Å². The molecule has 1 aromatic carbocycles. The Morgan fingerprint density at radius 3 is 2.82 bits per heavy atom. The molecule has 114 valence electrons. The molecule has 22 heavy (non-hydrogen) atoms. The zero-order chi connectivity index (χ0) is 15.7. The summed E-state index contributed by atoms with van der Waals surface area (Å²) in [5.74, 6) is -1.85. The Morgan fingerprint density at radius 1 is 1.32 bits per heavy atom. The summed E-state index contributed by atoms with van der Waals surface area (Å²) in [7, 11) is 1.24. The molecular weight excluding hydrogens is 284 g/mol. The number of aromatic nitrogens is 1. The van der Waals surface area contributed by atoms with E-state index in [0.29, 0.717) is 12.2 Å². The molecular formula is C16H16N2O4. The maximum absolute atomic E-state index is 12.6. The second-order valence-corrected chi connectivity index (χ2v) is 5.31. The number of carbonyl (C=O) groups is 3. The van der Waals surface area contributed by atoms with Crippen molar-refractivity contribution < 1.29 is 19.1 Å². The number of rotatable bonds is 2. The van der Waals surface area contributed by atoms with Gasteiger partial charge in [0.05, 0.1) is 7.11 Å². The second-order valence-electron chi connectivity index (χ2n) is 5.31. The number of amides is 1. The van der Waals surface area contributed by atoms with Gasteiger partial charge in [-0.05, 0) is 12.1 Å². The standard InChI is InChI=1S/C16H16N2O4/c1-22-16(21)11-9-18(7-6-14(11)19)15(20)13-8-10-4-2-3-5-12(10)17-13/h2-5,8,11,17H,6-7,9H2,1H3. The smallest absolute Gasteiger partial charge is 0.318 e. The van der Waals surface area contributed by atoms with Crippen LogP contribution >= 0.6 is 0 Å². The lowest BCUT2D eigenvalue weighted by molar-refractivity contribution is -0.151. The molecule has 1 N–H and O–H groups in total. The van der Waals surface area contributed by atoms with Gasteiger partial charge < -0.3 is 14.6 Å². The lowest BCUT2D eigenvalue weighted by Gasteiger charge is -2.30. The quantitative estimate of drug-likeness (QED) is 0.671. The Balaban J connectivity index is 1.82. The molecule has 2 heterocycles. The molecule has 0 spiro atoms. The molecule has 0 bridgehead atoms. The number of nitrogens with zero attached hydrogens (tertiary/aromatic N) is 1. The minimum absolute atomic E-state index is 0.0692. The van der Waals surface area contributed by atoms with Gasteiger partial charge in [0.2, 0.25) is 0 Å². The lowest BCUT2D eigenvalue weighted by Crippen LogP contribution is -2.47. The Bertz CT molecular complexity index is 708. The zero-order valence-corrected chi connectivity index (χ0v) is 12.2. The van der Waals surface area contributed by atoms with Crippen LogP contribution in [0.2, 0.25) is 0 Å². The predicted octanol–water partition coefficient (Wildman–Crippen LogP) is 1.37. The summed E-state index contributed by atoms with van der Waals surface area (Å²) in [5.41, 5.74) is 1.34. The third kappa shape index (κ3) is 2.47. The van der Waals surface area contributed by atoms with Crippen molar-refractivity contribution in [3.8, 4) is 0 Å². The van der Waals surface area contributed by atoms with Gasteiger partial charge in [0.1, 0.15) is 11.6 Å². The van der Waals surface area contributed by atoms with E-state index in [0.717, 1.165) is 10.9 Å². The first-order valence-electron chi connectivity index (χ1n) is 7.07. The summed E-state index contributed by atoms with van der Waals surface area (Å²) >= 11 is 0. The van der Waals surface area contributed by atoms with E-state index >= 15 is 0 Å². The number of likely N-dealkylation sites (tertiary alicyclic amines) is 1. The number of Topliss-reactive ketones (excluding diaryl/α,β-unsaturated/α-hetero) is 1. The number of fused-ring (bicyclic) bond motifs is 1. The van der Waals surface area contributed by atoms with E-state index in [1.807, 2.05) is 24.3 Å². The van der Waals surface area contributed by atoms with Gasteiger partial charge in [-0.15, -0.1) is 0 Å². The fourth-order valence-electron chi connectivity index (χ4n) is 2.72. The first kappa shape index (κ1) is 14.3. The fraction of sp³-hybridized carbons (Fsp3) is 0.312. The first-order valence-corrected chi connectivity index (χ1v) is 7.07. The monoisotopic (exact) mass is 300 g/mol. The molecule has 1 saturated heterocycles. The minimum Gasteiger partial charge on any atom is -0.468 e. The van der Waals surface area contributed by atoms with Crippen molar-refractivity contribution in [2.24, 2.45) is 5.92 Å². The normalized spacial score (nSPS) is 18.5. The van der Waals surface area contributed by atoms with E-state index in [9.17, 15) is 14.4 Å². The van der Waals surface area contributed by atoms with E-state index in [1.54, 1.807) is 6.07 Å². The molecule has 0 saturated carbocycles. The highest BCUT2D eigenvalue weighted by Crippen LogP contribution is 2.20. The number of aromatic amines is 1. The number of benzene rings is 1. The Hall–Kier alpha value is -2.63. The molecule has 1 amide bonds. The summed E-state index contributed by atoms with van der Waals surface area (Å²) in [4.78, 5) is 40.6. The van der Waals surface area contributed by atoms with Crippen LogP contribution in [0.25, 0.3) is 10.9 Å². The number of nitrogens with one attached hydrogen (secondary N) is 1. The number of hydrogen-bond acceptors (Lipinski definition) is 4. The largest absolute Gasteiger partial charge is 0.468 e. The van der Waals surface area contributed by atoms with Crippen LogP contribution in [0.3, 0.4) is 0 Å². The van der Waals surface area contributed by atoms with Crippen molar-refractivity contribution in [2.45, 2.75) is 6.42 Å². The van der Waals surface area contributed by atoms with Crippen LogP contribution in [-0.2, 0) is 14.3 Å². The summed E-state index contributed by atoms with van der Waals surface area (Å²) in [6.07, 6.45) is 0.172. The molecule has 1 atom stereocenters. The number of carbonyl (C=O) groups excluding carboxylic acids is 3. The van der Waals surface area contributed by atoms with Gasteiger partial charge in [-0.1, -0.05) is 18.2 Å². The van der Waals surface area contributed by atoms with Crippen LogP contribution < -0.4 is 0 Å². The van der Waals surface area contributed by atoms with E-state index in [1.165, 1.54) is 12.0 Å². The highest BCUT2D eigenvalue weighted by atomic mass is 16.5. The minimum atomic E-state index is -0.882. The number of ketones is 1. The average Bonchev–Trinajstić information content (AvgIpc) is 2.98. The van der Waals surface area contributed by atoms with Gasteiger partial charge in [0.25, 0.3) is 5.91 Å². The van der Waals surface area contributed by atoms with Crippen molar-refractivity contribution in [3.05, 3.63) is 36.0 Å². The molecule has 0 radical (unpaired) electrons. The molecule has 1 unspecified atom stereocenters. The fourth-order valence-corrected chi connectivity index (χ4v) is 2.72. The topological polar surface area (TPSA) is 79.5 Å². The van der Waals surface area contributed by atoms with Gasteiger partial charge >= 0.3 is 5.97 Å². The molecule has 6 nitrogen and oxygen atoms in total. The van der Waals surface area contributed by atoms with Gasteiger partial charge in [0, 0.05) is 30.4 Å². The van der Waals surface area contributed by atoms with Gasteiger partial charge in [-0.25, -0.2) is 0 Å². The molecule has 2 aromatic rings. The van der Waals surface area contributed by atoms with Crippen LogP contribution in [0.1, 0.15) is 16.9 Å². The number of ether oxygens (including phenoxy) is 1. The number of piperidine rings is 1. The number of methoxy groups -OCH3 is 1. The van der Waals surface area contributed by atoms with Gasteiger partial charge in [0.15, 0.2) is 5.78 Å². The maximum Gasteiger partial charge on any atom is 0.318 e. The van der Waals surface area contributed by atoms with Crippen molar-refractivity contribution >= 4 is 28.6 Å². The third-order valence-corrected chi connectivity index (χ3v) is 3.95. The Morgan fingerprint density at radius 2 is 2.09 bits per heavy atom. The third-order valence-electron chi connectivity index (χ3n) is 3.95. The summed E-state index contributed by atoms with van der Waals surface area (Å²) in [5, 5.41) is 0.948. The molecule has 1 fully saturated rings. The summed E-state index contributed by atoms with van der Waals surface area (Å²) in [6.45, 7) is 0.389. The van der Waals surface area contributed by atoms with E-state index < -0.39 is 11.9 Å². The first-order chi connectivity index (χ1) is 10.6. The van der Waals surface area contributed by atoms with E-state index in [2.05, 4.69) is 9.72 Å². The van der Waals surface area contributed by atoms with Gasteiger partial charge in [-0.2, -0.15) is 0 Å². The molecule has 1 aliphatic rings. The van der Waals surface area contributed by atoms with Crippen LogP contribution in [-0.4, -0.2) is 47.7 Å². The predicted molar refractivity (Wildman–Crippen MR) is 79.3 cm³/mol. The highest BCUT2D eigenvalue weighted by molar-refractivity contribution is 6.03. The number of esters is 1. The van der Waals surface area contributed by atoms with E-state index in [4.69, 9.17) is 0 Å². The number of para-hydroxylation sites is 1. The number of H-pyrrole nitrogens is 1. The van der Waals surface area contributed by atoms with E-state index in [-0.39, 0.29) is 24.7 Å². The Kier molecular flexibility index (Phi) is 3.66. The molecule has 0 aliphatic carbocycles. The number of hydrogen-bond donors (Lipinski definition) is 1. The lowest BCUT2D eigenvalue weighted by atomic mass is 9.96. The maximum atomic E-state index is 12.6. The van der Waals surface area contributed by atoms with Crippen LogP contribution in [0.15, 0.2) is 30.3 Å². The van der Waals surface area contributed by atoms with Gasteiger partial charge in [-0.3, -0.25) is 14.4 Å². The zero-order valence-electron chi connectivity index (χ0n) is 12.2. The molecule has 1 aliphatic heterocycles. The molecule has 6 heteroatoms. The summed E-state index contributed by atoms with van der Waals surface area (Å²) in [6, 6.07) is 9.38.